The molecule has 1 amide bonds. The lowest BCUT2D eigenvalue weighted by Gasteiger charge is -2.22. The zero-order chi connectivity index (χ0) is 14.7. The number of anilines is 3. The standard InChI is InChI=1S/C15H16N4OS/c20-14(10-21)18-11-8-16-15(17-9-11)19(13-6-7-13)12-4-2-1-3-5-12/h1-5,8-9,13,21H,6-7,10H2,(H,18,20). The number of rotatable bonds is 5. The molecule has 5 nitrogen and oxygen atoms in total. The van der Waals surface area contributed by atoms with Gasteiger partial charge >= 0.3 is 0 Å². The number of hydrogen-bond acceptors (Lipinski definition) is 5. The molecule has 0 atom stereocenters. The Hall–Kier alpha value is -2.08. The van der Waals surface area contributed by atoms with E-state index in [4.69, 9.17) is 0 Å². The van der Waals surface area contributed by atoms with Crippen molar-refractivity contribution in [3.63, 3.8) is 0 Å². The van der Waals surface area contributed by atoms with Crippen LogP contribution in [0.15, 0.2) is 42.7 Å². The van der Waals surface area contributed by atoms with Crippen molar-refractivity contribution >= 4 is 35.9 Å². The predicted octanol–water partition coefficient (Wildman–Crippen LogP) is 2.65. The smallest absolute Gasteiger partial charge is 0.234 e. The number of nitrogens with one attached hydrogen (secondary N) is 1. The van der Waals surface area contributed by atoms with Gasteiger partial charge in [0.1, 0.15) is 0 Å². The lowest BCUT2D eigenvalue weighted by molar-refractivity contribution is -0.113. The number of amides is 1. The lowest BCUT2D eigenvalue weighted by atomic mass is 10.3. The van der Waals surface area contributed by atoms with Crippen LogP contribution in [0.2, 0.25) is 0 Å². The topological polar surface area (TPSA) is 58.1 Å². The second kappa shape index (κ2) is 6.13. The molecule has 1 saturated carbocycles. The van der Waals surface area contributed by atoms with Gasteiger partial charge < -0.3 is 10.2 Å². The molecule has 1 fully saturated rings. The van der Waals surface area contributed by atoms with Crippen LogP contribution in [0, 0.1) is 0 Å². The fourth-order valence-electron chi connectivity index (χ4n) is 2.12. The Labute approximate surface area is 128 Å². The van der Waals surface area contributed by atoms with Crippen molar-refractivity contribution in [1.82, 2.24) is 9.97 Å². The number of thiol groups is 1. The highest BCUT2D eigenvalue weighted by atomic mass is 32.1. The maximum Gasteiger partial charge on any atom is 0.234 e. The molecular weight excluding hydrogens is 284 g/mol. The lowest BCUT2D eigenvalue weighted by Crippen LogP contribution is -2.22. The number of benzene rings is 1. The van der Waals surface area contributed by atoms with Crippen LogP contribution in [-0.2, 0) is 4.79 Å². The first-order valence-corrected chi connectivity index (χ1v) is 7.48. The van der Waals surface area contributed by atoms with E-state index >= 15 is 0 Å². The second-order valence-electron chi connectivity index (χ2n) is 4.91. The minimum absolute atomic E-state index is 0.139. The molecule has 1 aromatic carbocycles. The zero-order valence-electron chi connectivity index (χ0n) is 11.4. The van der Waals surface area contributed by atoms with E-state index in [1.807, 2.05) is 18.2 Å². The first kappa shape index (κ1) is 13.9. The summed E-state index contributed by atoms with van der Waals surface area (Å²) in [5, 5.41) is 2.68. The third-order valence-electron chi connectivity index (χ3n) is 3.23. The third-order valence-corrected chi connectivity index (χ3v) is 3.51. The number of para-hydroxylation sites is 1. The van der Waals surface area contributed by atoms with Crippen molar-refractivity contribution in [2.45, 2.75) is 18.9 Å². The SMILES string of the molecule is O=C(CS)Nc1cnc(N(c2ccccc2)C2CC2)nc1. The van der Waals surface area contributed by atoms with Crippen molar-refractivity contribution in [3.8, 4) is 0 Å². The highest BCUT2D eigenvalue weighted by molar-refractivity contribution is 7.81. The van der Waals surface area contributed by atoms with E-state index in [0.29, 0.717) is 17.7 Å². The monoisotopic (exact) mass is 300 g/mol. The van der Waals surface area contributed by atoms with Crippen molar-refractivity contribution < 1.29 is 4.79 Å². The summed E-state index contributed by atoms with van der Waals surface area (Å²) >= 11 is 3.92. The van der Waals surface area contributed by atoms with Gasteiger partial charge in [0.05, 0.1) is 23.8 Å². The number of aromatic nitrogens is 2. The molecule has 108 valence electrons. The van der Waals surface area contributed by atoms with Gasteiger partial charge in [-0.2, -0.15) is 12.6 Å². The first-order valence-electron chi connectivity index (χ1n) is 6.85. The van der Waals surface area contributed by atoms with Crippen molar-refractivity contribution in [3.05, 3.63) is 42.7 Å². The Bertz CT molecular complexity index is 613. The molecule has 1 N–H and O–H groups in total. The predicted molar refractivity (Wildman–Crippen MR) is 86.1 cm³/mol. The van der Waals surface area contributed by atoms with Gasteiger partial charge in [0.25, 0.3) is 0 Å². The Kier molecular flexibility index (Phi) is 4.06. The Morgan fingerprint density at radius 2 is 1.90 bits per heavy atom. The highest BCUT2D eigenvalue weighted by Gasteiger charge is 2.31. The summed E-state index contributed by atoms with van der Waals surface area (Å²) in [7, 11) is 0. The Balaban J connectivity index is 1.82. The Morgan fingerprint density at radius 1 is 1.24 bits per heavy atom. The average Bonchev–Trinajstić information content (AvgIpc) is 3.35. The summed E-state index contributed by atoms with van der Waals surface area (Å²) in [5.41, 5.74) is 1.67. The summed E-state index contributed by atoms with van der Waals surface area (Å²) in [6, 6.07) is 10.6. The molecule has 1 aromatic heterocycles. The van der Waals surface area contributed by atoms with Crippen LogP contribution in [0.1, 0.15) is 12.8 Å². The van der Waals surface area contributed by atoms with Gasteiger partial charge in [-0.05, 0) is 25.0 Å². The van der Waals surface area contributed by atoms with Crippen LogP contribution in [0.5, 0.6) is 0 Å². The number of carbonyl (C=O) groups excluding carboxylic acids is 1. The van der Waals surface area contributed by atoms with Gasteiger partial charge in [0, 0.05) is 11.7 Å². The molecule has 0 aliphatic heterocycles. The molecule has 0 unspecified atom stereocenters. The largest absolute Gasteiger partial charge is 0.323 e. The normalized spacial score (nSPS) is 13.8. The zero-order valence-corrected chi connectivity index (χ0v) is 12.3. The number of nitrogens with zero attached hydrogens (tertiary/aromatic N) is 3. The van der Waals surface area contributed by atoms with Crippen LogP contribution in [0.4, 0.5) is 17.3 Å². The van der Waals surface area contributed by atoms with Gasteiger partial charge in [-0.25, -0.2) is 9.97 Å². The van der Waals surface area contributed by atoms with Crippen molar-refractivity contribution in [2.75, 3.05) is 16.0 Å². The molecule has 0 spiro atoms. The van der Waals surface area contributed by atoms with Gasteiger partial charge in [-0.15, -0.1) is 0 Å². The molecular formula is C15H16N4OS. The first-order chi connectivity index (χ1) is 10.3. The average molecular weight is 300 g/mol. The summed E-state index contributed by atoms with van der Waals surface area (Å²) in [4.78, 5) is 22.2. The third kappa shape index (κ3) is 3.33. The molecule has 0 bridgehead atoms. The molecule has 0 radical (unpaired) electrons. The molecule has 21 heavy (non-hydrogen) atoms. The van der Waals surface area contributed by atoms with E-state index in [0.717, 1.165) is 18.5 Å². The molecule has 1 aliphatic rings. The molecule has 1 heterocycles. The summed E-state index contributed by atoms with van der Waals surface area (Å²) < 4.78 is 0. The van der Waals surface area contributed by atoms with E-state index in [-0.39, 0.29) is 11.7 Å². The maximum atomic E-state index is 11.3. The molecule has 6 heteroatoms. The minimum atomic E-state index is -0.170. The van der Waals surface area contributed by atoms with E-state index in [2.05, 4.69) is 44.9 Å². The van der Waals surface area contributed by atoms with Crippen LogP contribution >= 0.6 is 12.6 Å². The summed E-state index contributed by atoms with van der Waals surface area (Å²) in [5.74, 6) is 0.629. The van der Waals surface area contributed by atoms with E-state index < -0.39 is 0 Å². The Morgan fingerprint density at radius 3 is 2.48 bits per heavy atom. The number of hydrogen-bond donors (Lipinski definition) is 2. The quantitative estimate of drug-likeness (QED) is 0.834. The van der Waals surface area contributed by atoms with Gasteiger partial charge in [0.2, 0.25) is 11.9 Å². The van der Waals surface area contributed by atoms with E-state index in [1.54, 1.807) is 12.4 Å². The van der Waals surface area contributed by atoms with Gasteiger partial charge in [0.15, 0.2) is 0 Å². The molecule has 1 aliphatic carbocycles. The molecule has 3 rings (SSSR count). The van der Waals surface area contributed by atoms with Gasteiger partial charge in [-0.3, -0.25) is 4.79 Å². The highest BCUT2D eigenvalue weighted by Crippen LogP contribution is 2.36. The van der Waals surface area contributed by atoms with Gasteiger partial charge in [-0.1, -0.05) is 18.2 Å². The second-order valence-corrected chi connectivity index (χ2v) is 5.23. The van der Waals surface area contributed by atoms with Crippen molar-refractivity contribution in [2.24, 2.45) is 0 Å². The van der Waals surface area contributed by atoms with Crippen LogP contribution in [0.25, 0.3) is 0 Å². The van der Waals surface area contributed by atoms with Crippen molar-refractivity contribution in [1.29, 1.82) is 0 Å². The van der Waals surface area contributed by atoms with Crippen LogP contribution in [-0.4, -0.2) is 27.7 Å². The van der Waals surface area contributed by atoms with E-state index in [9.17, 15) is 4.79 Å². The summed E-state index contributed by atoms with van der Waals surface area (Å²) in [6.07, 6.45) is 5.55. The fourth-order valence-corrected chi connectivity index (χ4v) is 2.20. The molecule has 2 aromatic rings. The van der Waals surface area contributed by atoms with Crippen LogP contribution < -0.4 is 10.2 Å². The maximum absolute atomic E-state index is 11.3. The molecule has 0 saturated heterocycles. The summed E-state index contributed by atoms with van der Waals surface area (Å²) in [6.45, 7) is 0. The minimum Gasteiger partial charge on any atom is -0.323 e. The van der Waals surface area contributed by atoms with Crippen LogP contribution in [0.3, 0.4) is 0 Å². The van der Waals surface area contributed by atoms with E-state index in [1.165, 1.54) is 0 Å². The fraction of sp³-hybridized carbons (Fsp3) is 0.267. The number of carbonyl (C=O) groups is 1.